The summed E-state index contributed by atoms with van der Waals surface area (Å²) in [6, 6.07) is 3.87. The molecular formula is C14H14Br2O3. The first-order valence-electron chi connectivity index (χ1n) is 5.59. The summed E-state index contributed by atoms with van der Waals surface area (Å²) in [6.07, 6.45) is 3.62. The molecule has 0 fully saturated rings. The summed E-state index contributed by atoms with van der Waals surface area (Å²) in [5.41, 5.74) is 1.01. The van der Waals surface area contributed by atoms with E-state index in [0.717, 1.165) is 26.3 Å². The lowest BCUT2D eigenvalue weighted by atomic mass is 10.1. The molecule has 0 aliphatic carbocycles. The van der Waals surface area contributed by atoms with Crippen LogP contribution in [0, 0.1) is 0 Å². The highest BCUT2D eigenvalue weighted by Gasteiger charge is 2.09. The first-order valence-corrected chi connectivity index (χ1v) is 7.18. The van der Waals surface area contributed by atoms with Crippen LogP contribution in [0.3, 0.4) is 0 Å². The van der Waals surface area contributed by atoms with Crippen LogP contribution in [-0.2, 0) is 16.0 Å². The maximum absolute atomic E-state index is 10.9. The second-order valence-corrected chi connectivity index (χ2v) is 5.36. The molecule has 0 amide bonds. The van der Waals surface area contributed by atoms with Gasteiger partial charge in [0.25, 0.3) is 0 Å². The number of halogens is 2. The Bertz CT molecular complexity index is 484. The van der Waals surface area contributed by atoms with Crippen LogP contribution < -0.4 is 4.74 Å². The monoisotopic (exact) mass is 388 g/mol. The highest BCUT2D eigenvalue weighted by Crippen LogP contribution is 2.33. The van der Waals surface area contributed by atoms with Crippen molar-refractivity contribution in [2.75, 3.05) is 13.2 Å². The van der Waals surface area contributed by atoms with E-state index in [2.05, 4.69) is 45.0 Å². The quantitative estimate of drug-likeness (QED) is 0.305. The molecule has 1 aromatic rings. The van der Waals surface area contributed by atoms with E-state index in [-0.39, 0.29) is 13.2 Å². The minimum atomic E-state index is -0.454. The summed E-state index contributed by atoms with van der Waals surface area (Å²) in [7, 11) is 0. The van der Waals surface area contributed by atoms with Crippen LogP contribution in [0.5, 0.6) is 5.75 Å². The van der Waals surface area contributed by atoms with Gasteiger partial charge >= 0.3 is 5.97 Å². The van der Waals surface area contributed by atoms with Gasteiger partial charge in [0, 0.05) is 16.1 Å². The Labute approximate surface area is 129 Å². The number of allylic oxidation sites excluding steroid dienone is 1. The van der Waals surface area contributed by atoms with Gasteiger partial charge in [0.15, 0.2) is 0 Å². The molecule has 0 aliphatic rings. The molecular weight excluding hydrogens is 376 g/mol. The molecule has 0 radical (unpaired) electrons. The Morgan fingerprint density at radius 2 is 2.00 bits per heavy atom. The van der Waals surface area contributed by atoms with Crippen molar-refractivity contribution < 1.29 is 14.3 Å². The van der Waals surface area contributed by atoms with Crippen molar-refractivity contribution in [1.82, 2.24) is 0 Å². The van der Waals surface area contributed by atoms with E-state index in [1.165, 1.54) is 0 Å². The smallest absolute Gasteiger partial charge is 0.330 e. The van der Waals surface area contributed by atoms with Crippen LogP contribution in [0.15, 0.2) is 46.4 Å². The third kappa shape index (κ3) is 5.20. The molecule has 0 saturated carbocycles. The zero-order valence-electron chi connectivity index (χ0n) is 10.3. The van der Waals surface area contributed by atoms with Gasteiger partial charge in [-0.25, -0.2) is 4.79 Å². The number of rotatable bonds is 7. The van der Waals surface area contributed by atoms with Crippen LogP contribution in [0.2, 0.25) is 0 Å². The van der Waals surface area contributed by atoms with Gasteiger partial charge in [0.05, 0.1) is 4.47 Å². The van der Waals surface area contributed by atoms with E-state index in [1.807, 2.05) is 12.1 Å². The molecule has 0 heterocycles. The van der Waals surface area contributed by atoms with Gasteiger partial charge in [0.2, 0.25) is 0 Å². The maximum Gasteiger partial charge on any atom is 0.330 e. The Hall–Kier alpha value is -1.07. The fourth-order valence-corrected chi connectivity index (χ4v) is 2.86. The molecule has 0 atom stereocenters. The van der Waals surface area contributed by atoms with Crippen LogP contribution in [0.4, 0.5) is 0 Å². The maximum atomic E-state index is 10.9. The molecule has 0 aliphatic heterocycles. The molecule has 0 N–H and O–H groups in total. The summed E-state index contributed by atoms with van der Waals surface area (Å²) >= 11 is 6.88. The van der Waals surface area contributed by atoms with Crippen molar-refractivity contribution in [3.63, 3.8) is 0 Å². The van der Waals surface area contributed by atoms with Gasteiger partial charge in [-0.2, -0.15) is 0 Å². The zero-order chi connectivity index (χ0) is 14.3. The van der Waals surface area contributed by atoms with Crippen molar-refractivity contribution >= 4 is 37.8 Å². The lowest BCUT2D eigenvalue weighted by Crippen LogP contribution is -2.11. The van der Waals surface area contributed by atoms with Crippen molar-refractivity contribution in [1.29, 1.82) is 0 Å². The van der Waals surface area contributed by atoms with E-state index in [1.54, 1.807) is 6.08 Å². The highest BCUT2D eigenvalue weighted by molar-refractivity contribution is 9.11. The van der Waals surface area contributed by atoms with E-state index >= 15 is 0 Å². The largest absolute Gasteiger partial charge is 0.489 e. The molecule has 0 spiro atoms. The van der Waals surface area contributed by atoms with Crippen molar-refractivity contribution in [3.05, 3.63) is 52.0 Å². The summed E-state index contributed by atoms with van der Waals surface area (Å²) in [5.74, 6) is 0.280. The van der Waals surface area contributed by atoms with Crippen LogP contribution in [0.1, 0.15) is 5.56 Å². The second kappa shape index (κ2) is 8.17. The predicted molar refractivity (Wildman–Crippen MR) is 82.4 cm³/mol. The molecule has 1 rings (SSSR count). The molecule has 0 bridgehead atoms. The lowest BCUT2D eigenvalue weighted by Gasteiger charge is -2.13. The minimum absolute atomic E-state index is 0.181. The average Bonchev–Trinajstić information content (AvgIpc) is 2.36. The van der Waals surface area contributed by atoms with E-state index < -0.39 is 5.97 Å². The fourth-order valence-electron chi connectivity index (χ4n) is 1.43. The number of hydrogen-bond acceptors (Lipinski definition) is 3. The molecule has 0 aromatic heterocycles. The average molecular weight is 390 g/mol. The Morgan fingerprint density at radius 3 is 2.63 bits per heavy atom. The Balaban J connectivity index is 2.68. The normalized spacial score (nSPS) is 9.79. The number of esters is 1. The Morgan fingerprint density at radius 1 is 1.26 bits per heavy atom. The first-order chi connectivity index (χ1) is 9.08. The van der Waals surface area contributed by atoms with E-state index in [4.69, 9.17) is 9.47 Å². The topological polar surface area (TPSA) is 35.5 Å². The van der Waals surface area contributed by atoms with Gasteiger partial charge in [-0.15, -0.1) is 6.58 Å². The van der Waals surface area contributed by atoms with Crippen LogP contribution in [0.25, 0.3) is 0 Å². The van der Waals surface area contributed by atoms with E-state index in [9.17, 15) is 4.79 Å². The number of ether oxygens (including phenoxy) is 2. The molecule has 5 heteroatoms. The molecule has 0 unspecified atom stereocenters. The summed E-state index contributed by atoms with van der Waals surface area (Å²) in [6.45, 7) is 7.50. The molecule has 3 nitrogen and oxygen atoms in total. The van der Waals surface area contributed by atoms with Crippen molar-refractivity contribution in [2.45, 2.75) is 6.42 Å². The minimum Gasteiger partial charge on any atom is -0.489 e. The van der Waals surface area contributed by atoms with Crippen LogP contribution in [-0.4, -0.2) is 19.2 Å². The summed E-state index contributed by atoms with van der Waals surface area (Å²) < 4.78 is 12.3. The third-order valence-corrected chi connectivity index (χ3v) is 3.24. The lowest BCUT2D eigenvalue weighted by molar-refractivity contribution is -0.138. The van der Waals surface area contributed by atoms with Gasteiger partial charge in [-0.3, -0.25) is 0 Å². The van der Waals surface area contributed by atoms with Crippen molar-refractivity contribution in [2.24, 2.45) is 0 Å². The van der Waals surface area contributed by atoms with Gasteiger partial charge in [-0.1, -0.05) is 28.6 Å². The fraction of sp³-hybridized carbons (Fsp3) is 0.214. The van der Waals surface area contributed by atoms with Gasteiger partial charge in [-0.05, 0) is 34.5 Å². The number of carbonyl (C=O) groups is 1. The number of hydrogen-bond donors (Lipinski definition) is 0. The SMILES string of the molecule is C=CCc1cc(Br)cc(Br)c1OCCOC(=O)C=C. The number of benzene rings is 1. The second-order valence-electron chi connectivity index (χ2n) is 3.59. The summed E-state index contributed by atoms with van der Waals surface area (Å²) in [4.78, 5) is 10.9. The Kier molecular flexibility index (Phi) is 6.87. The molecule has 19 heavy (non-hydrogen) atoms. The first kappa shape index (κ1) is 16.0. The number of carbonyl (C=O) groups excluding carboxylic acids is 1. The predicted octanol–water partition coefficient (Wildman–Crippen LogP) is 4.05. The van der Waals surface area contributed by atoms with Gasteiger partial charge in [0.1, 0.15) is 19.0 Å². The molecule has 1 aromatic carbocycles. The molecule has 0 saturated heterocycles. The third-order valence-electron chi connectivity index (χ3n) is 2.19. The zero-order valence-corrected chi connectivity index (χ0v) is 13.5. The van der Waals surface area contributed by atoms with E-state index in [0.29, 0.717) is 6.42 Å². The highest BCUT2D eigenvalue weighted by atomic mass is 79.9. The van der Waals surface area contributed by atoms with Crippen LogP contribution >= 0.6 is 31.9 Å². The standard InChI is InChI=1S/C14H14Br2O3/c1-3-5-10-8-11(15)9-12(16)14(10)19-7-6-18-13(17)4-2/h3-4,8-9H,1-2,5-7H2. The van der Waals surface area contributed by atoms with Crippen molar-refractivity contribution in [3.8, 4) is 5.75 Å². The van der Waals surface area contributed by atoms with Gasteiger partial charge < -0.3 is 9.47 Å². The molecule has 102 valence electrons. The summed E-state index contributed by atoms with van der Waals surface area (Å²) in [5, 5.41) is 0.